The maximum absolute atomic E-state index is 12.6. The number of hydrogen-bond acceptors (Lipinski definition) is 5. The number of nitrogens with one attached hydrogen (secondary N) is 1. The fourth-order valence-corrected chi connectivity index (χ4v) is 2.84. The second-order valence-corrected chi connectivity index (χ2v) is 5.93. The summed E-state index contributed by atoms with van der Waals surface area (Å²) in [4.78, 5) is 37.0. The van der Waals surface area contributed by atoms with Gasteiger partial charge in [0.25, 0.3) is 5.56 Å². The standard InChI is InChI=1S/C17H13N3O3S/c1-11(21)18-14-10-13(16(22)15-8-5-9-24-15)19-20(17(14)23)12-6-3-2-4-7-12/h2-10H,1H3,(H,18,21). The third-order valence-corrected chi connectivity index (χ3v) is 4.07. The van der Waals surface area contributed by atoms with Gasteiger partial charge in [0.2, 0.25) is 11.7 Å². The molecule has 24 heavy (non-hydrogen) atoms. The molecule has 2 heterocycles. The van der Waals surface area contributed by atoms with E-state index in [0.717, 1.165) is 4.68 Å². The van der Waals surface area contributed by atoms with Crippen LogP contribution in [0.25, 0.3) is 5.69 Å². The first-order chi connectivity index (χ1) is 11.6. The third kappa shape index (κ3) is 3.16. The number of hydrogen-bond donors (Lipinski definition) is 1. The summed E-state index contributed by atoms with van der Waals surface area (Å²) in [5, 5.41) is 8.43. The first-order valence-electron chi connectivity index (χ1n) is 7.12. The topological polar surface area (TPSA) is 81.1 Å². The molecular formula is C17H13N3O3S. The molecule has 0 fully saturated rings. The second kappa shape index (κ2) is 6.59. The lowest BCUT2D eigenvalue weighted by Crippen LogP contribution is -2.28. The fourth-order valence-electron chi connectivity index (χ4n) is 2.16. The Bertz CT molecular complexity index is 947. The number of benzene rings is 1. The van der Waals surface area contributed by atoms with Crippen molar-refractivity contribution in [3.05, 3.63) is 74.8 Å². The van der Waals surface area contributed by atoms with E-state index in [-0.39, 0.29) is 17.2 Å². The summed E-state index contributed by atoms with van der Waals surface area (Å²) in [6.07, 6.45) is 0. The van der Waals surface area contributed by atoms with Gasteiger partial charge in [-0.3, -0.25) is 14.4 Å². The van der Waals surface area contributed by atoms with Crippen molar-refractivity contribution < 1.29 is 9.59 Å². The molecule has 1 aromatic carbocycles. The van der Waals surface area contributed by atoms with Crippen LogP contribution in [0.15, 0.2) is 58.7 Å². The van der Waals surface area contributed by atoms with Crippen molar-refractivity contribution >= 4 is 28.7 Å². The quantitative estimate of drug-likeness (QED) is 0.741. The molecule has 0 saturated carbocycles. The summed E-state index contributed by atoms with van der Waals surface area (Å²) < 4.78 is 1.12. The number of para-hydroxylation sites is 1. The van der Waals surface area contributed by atoms with Crippen molar-refractivity contribution in [2.75, 3.05) is 5.32 Å². The summed E-state index contributed by atoms with van der Waals surface area (Å²) >= 11 is 1.29. The number of anilines is 1. The number of thiophene rings is 1. The van der Waals surface area contributed by atoms with Crippen LogP contribution in [0.2, 0.25) is 0 Å². The van der Waals surface area contributed by atoms with Crippen LogP contribution >= 0.6 is 11.3 Å². The average Bonchev–Trinajstić information content (AvgIpc) is 3.11. The highest BCUT2D eigenvalue weighted by Crippen LogP contribution is 2.16. The zero-order chi connectivity index (χ0) is 17.1. The first-order valence-corrected chi connectivity index (χ1v) is 8.00. The Balaban J connectivity index is 2.18. The minimum Gasteiger partial charge on any atom is -0.322 e. The minimum absolute atomic E-state index is 0.0151. The molecule has 3 aromatic rings. The zero-order valence-corrected chi connectivity index (χ0v) is 13.5. The SMILES string of the molecule is CC(=O)Nc1cc(C(=O)c2cccs2)nn(-c2ccccc2)c1=O. The Kier molecular flexibility index (Phi) is 4.35. The molecule has 7 heteroatoms. The van der Waals surface area contributed by atoms with Crippen LogP contribution in [-0.4, -0.2) is 21.5 Å². The number of carbonyl (C=O) groups is 2. The zero-order valence-electron chi connectivity index (χ0n) is 12.7. The van der Waals surface area contributed by atoms with Crippen LogP contribution in [0, 0.1) is 0 Å². The number of amides is 1. The summed E-state index contributed by atoms with van der Waals surface area (Å²) in [6.45, 7) is 1.30. The van der Waals surface area contributed by atoms with E-state index in [0.29, 0.717) is 10.6 Å². The highest BCUT2D eigenvalue weighted by molar-refractivity contribution is 7.12. The highest BCUT2D eigenvalue weighted by Gasteiger charge is 2.18. The number of ketones is 1. The van der Waals surface area contributed by atoms with Gasteiger partial charge in [-0.25, -0.2) is 0 Å². The van der Waals surface area contributed by atoms with Crippen molar-refractivity contribution in [2.24, 2.45) is 0 Å². The smallest absolute Gasteiger partial charge is 0.295 e. The number of aromatic nitrogens is 2. The Morgan fingerprint density at radius 3 is 2.50 bits per heavy atom. The molecule has 6 nitrogen and oxygen atoms in total. The number of carbonyl (C=O) groups excluding carboxylic acids is 2. The van der Waals surface area contributed by atoms with Crippen molar-refractivity contribution in [3.63, 3.8) is 0 Å². The van der Waals surface area contributed by atoms with Crippen LogP contribution in [0.3, 0.4) is 0 Å². The fraction of sp³-hybridized carbons (Fsp3) is 0.0588. The van der Waals surface area contributed by atoms with Gasteiger partial charge in [0.05, 0.1) is 10.6 Å². The molecule has 1 amide bonds. The van der Waals surface area contributed by atoms with E-state index in [1.165, 1.54) is 24.3 Å². The Morgan fingerprint density at radius 2 is 1.88 bits per heavy atom. The van der Waals surface area contributed by atoms with Crippen LogP contribution in [0.1, 0.15) is 22.3 Å². The number of rotatable bonds is 4. The molecule has 120 valence electrons. The van der Waals surface area contributed by atoms with Crippen LogP contribution in [0.4, 0.5) is 5.69 Å². The molecule has 0 aliphatic carbocycles. The van der Waals surface area contributed by atoms with Gasteiger partial charge >= 0.3 is 0 Å². The van der Waals surface area contributed by atoms with E-state index in [9.17, 15) is 14.4 Å². The van der Waals surface area contributed by atoms with Crippen molar-refractivity contribution in [1.29, 1.82) is 0 Å². The van der Waals surface area contributed by atoms with E-state index in [2.05, 4.69) is 10.4 Å². The van der Waals surface area contributed by atoms with Gasteiger partial charge in [-0.15, -0.1) is 11.3 Å². The Morgan fingerprint density at radius 1 is 1.12 bits per heavy atom. The summed E-state index contributed by atoms with van der Waals surface area (Å²) in [7, 11) is 0. The Labute approximate surface area is 141 Å². The van der Waals surface area contributed by atoms with E-state index in [1.807, 2.05) is 6.07 Å². The van der Waals surface area contributed by atoms with Gasteiger partial charge in [-0.2, -0.15) is 9.78 Å². The molecule has 3 rings (SSSR count). The maximum Gasteiger partial charge on any atom is 0.295 e. The molecule has 0 aliphatic heterocycles. The van der Waals surface area contributed by atoms with E-state index in [4.69, 9.17) is 0 Å². The van der Waals surface area contributed by atoms with Crippen molar-refractivity contribution in [2.45, 2.75) is 6.92 Å². The van der Waals surface area contributed by atoms with Crippen molar-refractivity contribution in [1.82, 2.24) is 9.78 Å². The molecule has 0 unspecified atom stereocenters. The monoisotopic (exact) mass is 339 g/mol. The van der Waals surface area contributed by atoms with Crippen molar-refractivity contribution in [3.8, 4) is 5.69 Å². The van der Waals surface area contributed by atoms with Crippen LogP contribution in [-0.2, 0) is 4.79 Å². The normalized spacial score (nSPS) is 10.4. The van der Waals surface area contributed by atoms with Crippen LogP contribution < -0.4 is 10.9 Å². The molecule has 0 bridgehead atoms. The Hall–Kier alpha value is -3.06. The maximum atomic E-state index is 12.6. The average molecular weight is 339 g/mol. The van der Waals surface area contributed by atoms with Gasteiger partial charge in [-0.05, 0) is 29.6 Å². The van der Waals surface area contributed by atoms with E-state index >= 15 is 0 Å². The largest absolute Gasteiger partial charge is 0.322 e. The predicted octanol–water partition coefficient (Wildman–Crippen LogP) is 2.48. The van der Waals surface area contributed by atoms with Crippen LogP contribution in [0.5, 0.6) is 0 Å². The van der Waals surface area contributed by atoms with Gasteiger partial charge in [0.1, 0.15) is 11.4 Å². The summed E-state index contributed by atoms with van der Waals surface area (Å²) in [5.74, 6) is -0.700. The van der Waals surface area contributed by atoms with Gasteiger partial charge in [0.15, 0.2) is 0 Å². The summed E-state index contributed by atoms with van der Waals surface area (Å²) in [6, 6.07) is 13.5. The number of nitrogens with zero attached hydrogens (tertiary/aromatic N) is 2. The van der Waals surface area contributed by atoms with Gasteiger partial charge in [0, 0.05) is 6.92 Å². The predicted molar refractivity (Wildman–Crippen MR) is 91.9 cm³/mol. The molecule has 0 radical (unpaired) electrons. The molecule has 0 saturated heterocycles. The first kappa shape index (κ1) is 15.8. The lowest BCUT2D eigenvalue weighted by molar-refractivity contribution is -0.114. The molecular weight excluding hydrogens is 326 g/mol. The minimum atomic E-state index is -0.501. The molecule has 0 atom stereocenters. The molecule has 1 N–H and O–H groups in total. The molecule has 0 spiro atoms. The van der Waals surface area contributed by atoms with E-state index < -0.39 is 11.5 Å². The second-order valence-electron chi connectivity index (χ2n) is 4.98. The van der Waals surface area contributed by atoms with Gasteiger partial charge in [-0.1, -0.05) is 24.3 Å². The summed E-state index contributed by atoms with van der Waals surface area (Å²) in [5.41, 5.74) is 0.111. The lowest BCUT2D eigenvalue weighted by atomic mass is 10.2. The molecule has 0 aliphatic rings. The highest BCUT2D eigenvalue weighted by atomic mass is 32.1. The lowest BCUT2D eigenvalue weighted by Gasteiger charge is -2.10. The third-order valence-electron chi connectivity index (χ3n) is 3.20. The molecule has 2 aromatic heterocycles. The van der Waals surface area contributed by atoms with Gasteiger partial charge < -0.3 is 5.32 Å². The van der Waals surface area contributed by atoms with E-state index in [1.54, 1.807) is 41.8 Å².